The largest absolute Gasteiger partial charge is 0.379 e. The van der Waals surface area contributed by atoms with Crippen molar-refractivity contribution in [3.63, 3.8) is 0 Å². The minimum absolute atomic E-state index is 0.728. The number of hydrogen-bond donors (Lipinski definition) is 3. The molecule has 4 aromatic rings. The normalized spacial score (nSPS) is 21.0. The molecule has 0 amide bonds. The number of benzene rings is 1. The molecule has 1 aliphatic heterocycles. The topological polar surface area (TPSA) is 73.8 Å². The molecule has 0 spiro atoms. The van der Waals surface area contributed by atoms with Crippen molar-refractivity contribution in [3.8, 4) is 21.8 Å². The van der Waals surface area contributed by atoms with Gasteiger partial charge < -0.3 is 15.4 Å². The maximum atomic E-state index is 11.4. The number of aromatic nitrogens is 3. The fraction of sp³-hybridized carbons (Fsp3) is 0.182. The summed E-state index contributed by atoms with van der Waals surface area (Å²) in [6.45, 7) is 0. The summed E-state index contributed by atoms with van der Waals surface area (Å²) in [6, 6.07) is 12.2. The number of rotatable bonds is 3. The van der Waals surface area contributed by atoms with Crippen molar-refractivity contribution in [1.82, 2.24) is 20.3 Å². The van der Waals surface area contributed by atoms with Crippen molar-refractivity contribution in [2.75, 3.05) is 5.88 Å². The fourth-order valence-electron chi connectivity index (χ4n) is 4.25. The fourth-order valence-corrected chi connectivity index (χ4v) is 6.13. The molecule has 0 fully saturated rings. The van der Waals surface area contributed by atoms with E-state index in [9.17, 15) is 5.11 Å². The van der Waals surface area contributed by atoms with E-state index in [0.29, 0.717) is 0 Å². The summed E-state index contributed by atoms with van der Waals surface area (Å²) < 4.78 is 0. The van der Waals surface area contributed by atoms with Gasteiger partial charge in [-0.2, -0.15) is 0 Å². The summed E-state index contributed by atoms with van der Waals surface area (Å²) in [6.07, 6.45) is 5.41. The molecule has 2 aliphatic rings. The Morgan fingerprint density at radius 2 is 2.14 bits per heavy atom. The van der Waals surface area contributed by atoms with Crippen LogP contribution in [0.3, 0.4) is 0 Å². The molecule has 0 bridgehead atoms. The van der Waals surface area contributed by atoms with Crippen molar-refractivity contribution in [3.05, 3.63) is 70.3 Å². The number of aliphatic hydroxyl groups is 1. The van der Waals surface area contributed by atoms with Gasteiger partial charge in [-0.15, -0.1) is 23.1 Å². The highest BCUT2D eigenvalue weighted by atomic mass is 32.2. The molecule has 6 rings (SSSR count). The standard InChI is InChI=1S/C22H18N4OS2/c27-22(7-6-18-19(22)25-12-29-18)14-4-1-3-13(9-14)17-11-28-21(26-17)16-10-24-20-15(16)5-2-8-23-20/h1-5,8-11,25,27H,6-7,12H2,(H,23,24)/t22-/m0/s1. The van der Waals surface area contributed by atoms with Gasteiger partial charge in [0.05, 0.1) is 17.3 Å². The molecular formula is C22H18N4OS2. The predicted molar refractivity (Wildman–Crippen MR) is 118 cm³/mol. The molecule has 3 N–H and O–H groups in total. The van der Waals surface area contributed by atoms with Crippen LogP contribution >= 0.6 is 23.1 Å². The Hall–Kier alpha value is -2.61. The van der Waals surface area contributed by atoms with Crippen molar-refractivity contribution in [2.24, 2.45) is 0 Å². The highest BCUT2D eigenvalue weighted by Crippen LogP contribution is 2.49. The summed E-state index contributed by atoms with van der Waals surface area (Å²) in [4.78, 5) is 13.8. The number of allylic oxidation sites excluding steroid dienone is 1. The van der Waals surface area contributed by atoms with Crippen molar-refractivity contribution >= 4 is 34.1 Å². The lowest BCUT2D eigenvalue weighted by molar-refractivity contribution is 0.0714. The molecule has 0 saturated carbocycles. The van der Waals surface area contributed by atoms with Crippen molar-refractivity contribution in [2.45, 2.75) is 18.4 Å². The van der Waals surface area contributed by atoms with Gasteiger partial charge in [-0.1, -0.05) is 18.2 Å². The summed E-state index contributed by atoms with van der Waals surface area (Å²) >= 11 is 3.43. The van der Waals surface area contributed by atoms with Gasteiger partial charge in [-0.25, -0.2) is 9.97 Å². The second kappa shape index (κ2) is 6.45. The minimum Gasteiger partial charge on any atom is -0.379 e. The van der Waals surface area contributed by atoms with Crippen LogP contribution in [0.4, 0.5) is 0 Å². The third kappa shape index (κ3) is 2.65. The van der Waals surface area contributed by atoms with Gasteiger partial charge in [0, 0.05) is 39.2 Å². The molecule has 4 heterocycles. The van der Waals surface area contributed by atoms with E-state index in [0.717, 1.165) is 62.8 Å². The first-order chi connectivity index (χ1) is 14.2. The van der Waals surface area contributed by atoms with Crippen LogP contribution < -0.4 is 5.32 Å². The first-order valence-electron chi connectivity index (χ1n) is 9.54. The van der Waals surface area contributed by atoms with E-state index in [-0.39, 0.29) is 0 Å². The van der Waals surface area contributed by atoms with Gasteiger partial charge in [0.2, 0.25) is 0 Å². The molecule has 0 saturated heterocycles. The molecule has 3 aromatic heterocycles. The molecular weight excluding hydrogens is 400 g/mol. The van der Waals surface area contributed by atoms with Crippen molar-refractivity contribution < 1.29 is 5.11 Å². The van der Waals surface area contributed by atoms with E-state index < -0.39 is 5.60 Å². The summed E-state index contributed by atoms with van der Waals surface area (Å²) in [5.41, 5.74) is 4.89. The van der Waals surface area contributed by atoms with Gasteiger partial charge in [0.15, 0.2) is 0 Å². The average Bonchev–Trinajstić information content (AvgIpc) is 3.53. The molecule has 144 valence electrons. The van der Waals surface area contributed by atoms with E-state index >= 15 is 0 Å². The molecule has 1 aliphatic carbocycles. The SMILES string of the molecule is O[C@]1(c2cccc(-c3csc(-c4c[nH]c5ncccc45)n3)c2)CCC2=C1NCS2. The van der Waals surface area contributed by atoms with Crippen molar-refractivity contribution in [1.29, 1.82) is 0 Å². The van der Waals surface area contributed by atoms with Crippen LogP contribution in [-0.4, -0.2) is 25.9 Å². The highest BCUT2D eigenvalue weighted by molar-refractivity contribution is 8.03. The summed E-state index contributed by atoms with van der Waals surface area (Å²) in [5, 5.41) is 18.9. The average molecular weight is 419 g/mol. The van der Waals surface area contributed by atoms with E-state index in [2.05, 4.69) is 38.9 Å². The number of thioether (sulfide) groups is 1. The zero-order valence-corrected chi connectivity index (χ0v) is 17.1. The second-order valence-corrected chi connectivity index (χ2v) is 9.27. The third-order valence-corrected chi connectivity index (χ3v) is 7.64. The number of fused-ring (bicyclic) bond motifs is 1. The third-order valence-electron chi connectivity index (χ3n) is 5.72. The molecule has 5 nitrogen and oxygen atoms in total. The lowest BCUT2D eigenvalue weighted by Gasteiger charge is -2.27. The van der Waals surface area contributed by atoms with Gasteiger partial charge in [-0.05, 0) is 36.6 Å². The van der Waals surface area contributed by atoms with Crippen LogP contribution in [0.25, 0.3) is 32.9 Å². The number of H-pyrrole nitrogens is 1. The van der Waals surface area contributed by atoms with E-state index in [1.807, 2.05) is 24.4 Å². The van der Waals surface area contributed by atoms with Crippen LogP contribution in [0.5, 0.6) is 0 Å². The number of nitrogens with zero attached hydrogens (tertiary/aromatic N) is 2. The summed E-state index contributed by atoms with van der Waals surface area (Å²) in [5.74, 6) is 0.849. The van der Waals surface area contributed by atoms with Gasteiger partial charge >= 0.3 is 0 Å². The van der Waals surface area contributed by atoms with E-state index in [4.69, 9.17) is 4.98 Å². The molecule has 29 heavy (non-hydrogen) atoms. The Balaban J connectivity index is 1.38. The maximum Gasteiger partial charge on any atom is 0.137 e. The Labute approximate surface area is 175 Å². The van der Waals surface area contributed by atoms with Gasteiger partial charge in [0.1, 0.15) is 16.3 Å². The molecule has 7 heteroatoms. The zero-order valence-electron chi connectivity index (χ0n) is 15.5. The zero-order chi connectivity index (χ0) is 19.4. The highest BCUT2D eigenvalue weighted by Gasteiger charge is 2.43. The van der Waals surface area contributed by atoms with Crippen LogP contribution in [0.15, 0.2) is 64.8 Å². The number of nitrogens with one attached hydrogen (secondary N) is 2. The number of hydrogen-bond acceptors (Lipinski definition) is 6. The Bertz CT molecular complexity index is 1270. The monoisotopic (exact) mass is 418 g/mol. The second-order valence-electron chi connectivity index (χ2n) is 7.34. The number of thiazole rings is 1. The molecule has 1 atom stereocenters. The first kappa shape index (κ1) is 17.3. The first-order valence-corrected chi connectivity index (χ1v) is 11.4. The molecule has 0 unspecified atom stereocenters. The minimum atomic E-state index is -0.920. The van der Waals surface area contributed by atoms with Gasteiger partial charge in [0.25, 0.3) is 0 Å². The summed E-state index contributed by atoms with van der Waals surface area (Å²) in [7, 11) is 0. The van der Waals surface area contributed by atoms with E-state index in [1.165, 1.54) is 4.91 Å². The lowest BCUT2D eigenvalue weighted by Crippen LogP contribution is -2.31. The number of aromatic amines is 1. The van der Waals surface area contributed by atoms with E-state index in [1.54, 1.807) is 29.3 Å². The molecule has 0 radical (unpaired) electrons. The Kier molecular flexibility index (Phi) is 3.84. The maximum absolute atomic E-state index is 11.4. The van der Waals surface area contributed by atoms with Gasteiger partial charge in [-0.3, -0.25) is 0 Å². The Morgan fingerprint density at radius 1 is 1.17 bits per heavy atom. The Morgan fingerprint density at radius 3 is 3.10 bits per heavy atom. The van der Waals surface area contributed by atoms with Crippen LogP contribution in [0.2, 0.25) is 0 Å². The van der Waals surface area contributed by atoms with Crippen LogP contribution in [0, 0.1) is 0 Å². The number of pyridine rings is 1. The predicted octanol–water partition coefficient (Wildman–Crippen LogP) is 4.84. The molecule has 1 aromatic carbocycles. The lowest BCUT2D eigenvalue weighted by atomic mass is 9.89. The van der Waals surface area contributed by atoms with Crippen LogP contribution in [-0.2, 0) is 5.60 Å². The quantitative estimate of drug-likeness (QED) is 0.444. The van der Waals surface area contributed by atoms with Crippen LogP contribution in [0.1, 0.15) is 18.4 Å². The smallest absolute Gasteiger partial charge is 0.137 e.